The van der Waals surface area contributed by atoms with Crippen LogP contribution in [0.25, 0.3) is 0 Å². The topological polar surface area (TPSA) is 47.6 Å². The Labute approximate surface area is 160 Å². The molecule has 0 radical (unpaired) electrons. The second-order valence-corrected chi connectivity index (χ2v) is 7.75. The highest BCUT2D eigenvalue weighted by atomic mass is 32.2. The Morgan fingerprint density at radius 3 is 2.23 bits per heavy atom. The van der Waals surface area contributed by atoms with Gasteiger partial charge in [-0.25, -0.2) is 0 Å². The van der Waals surface area contributed by atoms with Crippen LogP contribution in [0.1, 0.15) is 29.2 Å². The number of carbonyl (C=O) groups is 1. The largest absolute Gasteiger partial charge is 0.493 e. The smallest absolute Gasteiger partial charge is 0.233 e. The number of ether oxygens (including phenoxy) is 2. The van der Waals surface area contributed by atoms with Crippen LogP contribution in [0.2, 0.25) is 0 Å². The molecule has 140 valence electrons. The Kier molecular flexibility index (Phi) is 6.98. The number of hydrogen-bond donors (Lipinski definition) is 1. The van der Waals surface area contributed by atoms with Gasteiger partial charge in [-0.3, -0.25) is 4.79 Å². The molecule has 1 atom stereocenters. The van der Waals surface area contributed by atoms with Crippen LogP contribution >= 0.6 is 11.8 Å². The lowest BCUT2D eigenvalue weighted by Gasteiger charge is -2.16. The molecule has 0 heterocycles. The summed E-state index contributed by atoms with van der Waals surface area (Å²) < 4.78 is 10.5. The van der Waals surface area contributed by atoms with E-state index in [-0.39, 0.29) is 11.2 Å². The summed E-state index contributed by atoms with van der Waals surface area (Å²) in [7, 11) is 3.21. The number of amides is 1. The van der Waals surface area contributed by atoms with E-state index in [0.717, 1.165) is 5.56 Å². The first-order chi connectivity index (χ1) is 12.3. The number of thioether (sulfide) groups is 1. The first-order valence-corrected chi connectivity index (χ1v) is 9.46. The van der Waals surface area contributed by atoms with Gasteiger partial charge < -0.3 is 14.8 Å². The molecule has 5 heteroatoms. The Hall–Kier alpha value is -2.14. The van der Waals surface area contributed by atoms with E-state index in [1.54, 1.807) is 26.0 Å². The number of nitrogens with one attached hydrogen (secondary N) is 1. The SMILES string of the molecule is COc1ccc(CNC(=O)C(C)Sc2c(C)cc(C)cc2C)cc1OC. The third-order valence-corrected chi connectivity index (χ3v) is 5.63. The molecule has 2 rings (SSSR count). The predicted molar refractivity (Wildman–Crippen MR) is 107 cm³/mol. The molecule has 26 heavy (non-hydrogen) atoms. The van der Waals surface area contributed by atoms with E-state index >= 15 is 0 Å². The standard InChI is InChI=1S/C21H27NO3S/c1-13-9-14(2)20(15(3)10-13)26-16(4)21(23)22-12-17-7-8-18(24-5)19(11-17)25-6/h7-11,16H,12H2,1-6H3,(H,22,23). The molecule has 0 aliphatic carbocycles. The highest BCUT2D eigenvalue weighted by Gasteiger charge is 2.17. The molecule has 0 bridgehead atoms. The van der Waals surface area contributed by atoms with E-state index in [2.05, 4.69) is 38.2 Å². The van der Waals surface area contributed by atoms with Gasteiger partial charge in [-0.1, -0.05) is 23.8 Å². The summed E-state index contributed by atoms with van der Waals surface area (Å²) in [5.41, 5.74) is 4.64. The minimum Gasteiger partial charge on any atom is -0.493 e. The third kappa shape index (κ3) is 4.94. The molecule has 0 saturated carbocycles. The molecular formula is C21H27NO3S. The average Bonchev–Trinajstić information content (AvgIpc) is 2.61. The second-order valence-electron chi connectivity index (χ2n) is 6.40. The maximum atomic E-state index is 12.5. The van der Waals surface area contributed by atoms with Crippen LogP contribution in [-0.2, 0) is 11.3 Å². The number of rotatable bonds is 7. The summed E-state index contributed by atoms with van der Waals surface area (Å²) in [6, 6.07) is 9.96. The zero-order chi connectivity index (χ0) is 19.3. The lowest BCUT2D eigenvalue weighted by molar-refractivity contribution is -0.120. The Morgan fingerprint density at radius 1 is 1.04 bits per heavy atom. The summed E-state index contributed by atoms with van der Waals surface area (Å²) in [6.07, 6.45) is 0. The fourth-order valence-electron chi connectivity index (χ4n) is 2.91. The van der Waals surface area contributed by atoms with Gasteiger partial charge in [0.1, 0.15) is 0 Å². The normalized spacial score (nSPS) is 11.8. The Morgan fingerprint density at radius 2 is 1.65 bits per heavy atom. The zero-order valence-corrected chi connectivity index (χ0v) is 17.1. The van der Waals surface area contributed by atoms with Crippen molar-refractivity contribution in [3.63, 3.8) is 0 Å². The Balaban J connectivity index is 2.00. The van der Waals surface area contributed by atoms with Crippen LogP contribution in [0.4, 0.5) is 0 Å². The van der Waals surface area contributed by atoms with Gasteiger partial charge in [0.2, 0.25) is 5.91 Å². The quantitative estimate of drug-likeness (QED) is 0.730. The van der Waals surface area contributed by atoms with Gasteiger partial charge in [0.25, 0.3) is 0 Å². The average molecular weight is 374 g/mol. The van der Waals surface area contributed by atoms with Crippen molar-refractivity contribution in [3.05, 3.63) is 52.6 Å². The summed E-state index contributed by atoms with van der Waals surface area (Å²) in [5, 5.41) is 2.83. The molecule has 4 nitrogen and oxygen atoms in total. The fraction of sp³-hybridized carbons (Fsp3) is 0.381. The van der Waals surface area contributed by atoms with Gasteiger partial charge in [0, 0.05) is 11.4 Å². The summed E-state index contributed by atoms with van der Waals surface area (Å²) in [5.74, 6) is 1.36. The van der Waals surface area contributed by atoms with Gasteiger partial charge in [-0.05, 0) is 56.5 Å². The minimum atomic E-state index is -0.171. The molecule has 0 aromatic heterocycles. The molecule has 0 aliphatic heterocycles. The van der Waals surface area contributed by atoms with Crippen LogP contribution in [-0.4, -0.2) is 25.4 Å². The van der Waals surface area contributed by atoms with E-state index < -0.39 is 0 Å². The minimum absolute atomic E-state index is 0.0177. The molecule has 0 aliphatic rings. The van der Waals surface area contributed by atoms with Crippen molar-refractivity contribution in [2.75, 3.05) is 14.2 Å². The molecular weight excluding hydrogens is 346 g/mol. The summed E-state index contributed by atoms with van der Waals surface area (Å²) in [6.45, 7) is 8.67. The number of benzene rings is 2. The van der Waals surface area contributed by atoms with Crippen LogP contribution < -0.4 is 14.8 Å². The van der Waals surface area contributed by atoms with E-state index in [0.29, 0.717) is 18.0 Å². The number of methoxy groups -OCH3 is 2. The van der Waals surface area contributed by atoms with Crippen LogP contribution in [0.15, 0.2) is 35.2 Å². The number of carbonyl (C=O) groups excluding carboxylic acids is 1. The molecule has 1 amide bonds. The van der Waals surface area contributed by atoms with E-state index in [9.17, 15) is 4.79 Å². The van der Waals surface area contributed by atoms with Crippen molar-refractivity contribution in [1.29, 1.82) is 0 Å². The Bertz CT molecular complexity index is 766. The highest BCUT2D eigenvalue weighted by molar-refractivity contribution is 8.00. The molecule has 2 aromatic rings. The lowest BCUT2D eigenvalue weighted by Crippen LogP contribution is -2.30. The van der Waals surface area contributed by atoms with Gasteiger partial charge in [-0.15, -0.1) is 11.8 Å². The second kappa shape index (κ2) is 8.99. The highest BCUT2D eigenvalue weighted by Crippen LogP contribution is 2.31. The van der Waals surface area contributed by atoms with Crippen molar-refractivity contribution in [2.45, 2.75) is 44.4 Å². The van der Waals surface area contributed by atoms with Crippen LogP contribution in [0.3, 0.4) is 0 Å². The molecule has 1 N–H and O–H groups in total. The number of aryl methyl sites for hydroxylation is 3. The maximum absolute atomic E-state index is 12.5. The van der Waals surface area contributed by atoms with E-state index in [4.69, 9.17) is 9.47 Å². The van der Waals surface area contributed by atoms with Gasteiger partial charge >= 0.3 is 0 Å². The molecule has 2 aromatic carbocycles. The van der Waals surface area contributed by atoms with Crippen molar-refractivity contribution >= 4 is 17.7 Å². The van der Waals surface area contributed by atoms with Gasteiger partial charge in [0.15, 0.2) is 11.5 Å². The van der Waals surface area contributed by atoms with E-state index in [1.165, 1.54) is 21.6 Å². The van der Waals surface area contributed by atoms with Crippen molar-refractivity contribution in [1.82, 2.24) is 5.32 Å². The van der Waals surface area contributed by atoms with Crippen LogP contribution in [0.5, 0.6) is 11.5 Å². The molecule has 0 fully saturated rings. The first kappa shape index (κ1) is 20.2. The van der Waals surface area contributed by atoms with Crippen LogP contribution in [0, 0.1) is 20.8 Å². The monoisotopic (exact) mass is 373 g/mol. The number of hydrogen-bond acceptors (Lipinski definition) is 4. The van der Waals surface area contributed by atoms with Crippen molar-refractivity contribution in [3.8, 4) is 11.5 Å². The third-order valence-electron chi connectivity index (χ3n) is 4.18. The molecule has 1 unspecified atom stereocenters. The fourth-order valence-corrected chi connectivity index (χ4v) is 3.94. The predicted octanol–water partition coefficient (Wildman–Crippen LogP) is 4.43. The first-order valence-electron chi connectivity index (χ1n) is 8.58. The molecule has 0 saturated heterocycles. The van der Waals surface area contributed by atoms with Crippen molar-refractivity contribution in [2.24, 2.45) is 0 Å². The zero-order valence-electron chi connectivity index (χ0n) is 16.3. The van der Waals surface area contributed by atoms with Gasteiger partial charge in [0.05, 0.1) is 19.5 Å². The maximum Gasteiger partial charge on any atom is 0.233 e. The summed E-state index contributed by atoms with van der Waals surface area (Å²) >= 11 is 1.61. The van der Waals surface area contributed by atoms with Gasteiger partial charge in [-0.2, -0.15) is 0 Å². The summed E-state index contributed by atoms with van der Waals surface area (Å²) in [4.78, 5) is 13.7. The van der Waals surface area contributed by atoms with Crippen molar-refractivity contribution < 1.29 is 14.3 Å². The van der Waals surface area contributed by atoms with E-state index in [1.807, 2.05) is 25.1 Å². The lowest BCUT2D eigenvalue weighted by atomic mass is 10.1. The molecule has 0 spiro atoms.